The van der Waals surface area contributed by atoms with E-state index in [-0.39, 0.29) is 11.9 Å². The number of rotatable bonds is 6. The van der Waals surface area contributed by atoms with Gasteiger partial charge in [0.1, 0.15) is 0 Å². The summed E-state index contributed by atoms with van der Waals surface area (Å²) in [4.78, 5) is 16.8. The number of carbonyl (C=O) groups is 1. The predicted molar refractivity (Wildman–Crippen MR) is 92.8 cm³/mol. The summed E-state index contributed by atoms with van der Waals surface area (Å²) in [5, 5.41) is 0. The summed E-state index contributed by atoms with van der Waals surface area (Å²) in [7, 11) is 0. The molecular weight excluding hydrogens is 286 g/mol. The molecule has 1 saturated carbocycles. The number of piperidine rings is 1. The first-order valence-corrected chi connectivity index (χ1v) is 8.96. The normalized spacial score (nSPS) is 23.1. The van der Waals surface area contributed by atoms with Gasteiger partial charge in [-0.15, -0.1) is 0 Å². The van der Waals surface area contributed by atoms with Gasteiger partial charge in [0.05, 0.1) is 6.04 Å². The molecule has 2 fully saturated rings. The van der Waals surface area contributed by atoms with Gasteiger partial charge < -0.3 is 10.6 Å². The van der Waals surface area contributed by atoms with E-state index < -0.39 is 0 Å². The lowest BCUT2D eigenvalue weighted by Gasteiger charge is -2.36. The lowest BCUT2D eigenvalue weighted by Crippen LogP contribution is -2.48. The Morgan fingerprint density at radius 1 is 1.30 bits per heavy atom. The number of nitrogens with zero attached hydrogens (tertiary/aromatic N) is 2. The Labute approximate surface area is 139 Å². The number of nitrogens with two attached hydrogens (primary N) is 1. The molecule has 1 aromatic carbocycles. The first kappa shape index (κ1) is 16.5. The monoisotopic (exact) mass is 315 g/mol. The zero-order valence-corrected chi connectivity index (χ0v) is 14.2. The highest BCUT2D eigenvalue weighted by Crippen LogP contribution is 2.30. The second kappa shape index (κ2) is 7.45. The highest BCUT2D eigenvalue weighted by atomic mass is 16.2. The van der Waals surface area contributed by atoms with Gasteiger partial charge in [-0.05, 0) is 44.1 Å². The van der Waals surface area contributed by atoms with Crippen molar-refractivity contribution in [1.29, 1.82) is 0 Å². The number of hydrogen-bond donors (Lipinski definition) is 1. The molecule has 1 saturated heterocycles. The number of likely N-dealkylation sites (tertiary alicyclic amines) is 1. The van der Waals surface area contributed by atoms with E-state index in [1.54, 1.807) is 6.92 Å². The highest BCUT2D eigenvalue weighted by molar-refractivity contribution is 5.81. The molecule has 126 valence electrons. The quantitative estimate of drug-likeness (QED) is 0.876. The minimum absolute atomic E-state index is 0.107. The second-order valence-corrected chi connectivity index (χ2v) is 7.23. The molecule has 0 spiro atoms. The van der Waals surface area contributed by atoms with E-state index in [1.165, 1.54) is 24.8 Å². The molecule has 2 N–H and O–H groups in total. The van der Waals surface area contributed by atoms with Gasteiger partial charge in [-0.25, -0.2) is 0 Å². The average Bonchev–Trinajstić information content (AvgIpc) is 3.39. The fourth-order valence-corrected chi connectivity index (χ4v) is 3.63. The van der Waals surface area contributed by atoms with Gasteiger partial charge in [-0.2, -0.15) is 0 Å². The Hall–Kier alpha value is -1.39. The van der Waals surface area contributed by atoms with Crippen LogP contribution in [0.15, 0.2) is 30.3 Å². The predicted octanol–water partition coefficient (Wildman–Crippen LogP) is 2.24. The third-order valence-corrected chi connectivity index (χ3v) is 5.00. The topological polar surface area (TPSA) is 49.6 Å². The maximum Gasteiger partial charge on any atom is 0.239 e. The summed E-state index contributed by atoms with van der Waals surface area (Å²) >= 11 is 0. The number of carbonyl (C=O) groups excluding carboxylic acids is 1. The van der Waals surface area contributed by atoms with Gasteiger partial charge in [-0.1, -0.05) is 30.3 Å². The Morgan fingerprint density at radius 2 is 2.04 bits per heavy atom. The molecule has 1 aliphatic heterocycles. The van der Waals surface area contributed by atoms with Crippen molar-refractivity contribution in [3.05, 3.63) is 35.9 Å². The molecule has 23 heavy (non-hydrogen) atoms. The molecular formula is C19H29N3O. The van der Waals surface area contributed by atoms with Crippen molar-refractivity contribution < 1.29 is 4.79 Å². The van der Waals surface area contributed by atoms with Crippen molar-refractivity contribution in [2.24, 2.45) is 11.7 Å². The zero-order chi connectivity index (χ0) is 16.2. The molecule has 1 aromatic rings. The first-order chi connectivity index (χ1) is 11.1. The van der Waals surface area contributed by atoms with Crippen LogP contribution in [0.5, 0.6) is 0 Å². The molecule has 2 atom stereocenters. The van der Waals surface area contributed by atoms with Gasteiger partial charge in [-0.3, -0.25) is 9.69 Å². The van der Waals surface area contributed by atoms with Crippen molar-refractivity contribution >= 4 is 5.91 Å². The van der Waals surface area contributed by atoms with Gasteiger partial charge in [0, 0.05) is 32.2 Å². The molecule has 4 nitrogen and oxygen atoms in total. The molecule has 1 aliphatic carbocycles. The number of amides is 1. The van der Waals surface area contributed by atoms with Crippen LogP contribution in [0.25, 0.3) is 0 Å². The minimum atomic E-state index is -0.377. The lowest BCUT2D eigenvalue weighted by atomic mass is 9.96. The standard InChI is InChI=1S/C19H29N3O/c1-15(20)19(23)21-11-5-8-17(13-21)14-22(18-9-10-18)12-16-6-3-2-4-7-16/h2-4,6-7,15,17-18H,5,8-14,20H2,1H3. The average molecular weight is 315 g/mol. The van der Waals surface area contributed by atoms with E-state index in [1.807, 2.05) is 4.90 Å². The maximum atomic E-state index is 12.2. The number of hydrogen-bond acceptors (Lipinski definition) is 3. The molecule has 2 aliphatic rings. The summed E-state index contributed by atoms with van der Waals surface area (Å²) in [5.41, 5.74) is 7.16. The summed E-state index contributed by atoms with van der Waals surface area (Å²) in [6.07, 6.45) is 4.97. The van der Waals surface area contributed by atoms with Crippen LogP contribution < -0.4 is 5.73 Å². The smallest absolute Gasteiger partial charge is 0.239 e. The lowest BCUT2D eigenvalue weighted by molar-refractivity contribution is -0.134. The van der Waals surface area contributed by atoms with Crippen molar-refractivity contribution in [1.82, 2.24) is 9.80 Å². The Balaban J connectivity index is 1.58. The van der Waals surface area contributed by atoms with E-state index in [2.05, 4.69) is 35.2 Å². The van der Waals surface area contributed by atoms with Crippen LogP contribution in [0.3, 0.4) is 0 Å². The van der Waals surface area contributed by atoms with Crippen molar-refractivity contribution in [2.45, 2.75) is 51.2 Å². The van der Waals surface area contributed by atoms with Gasteiger partial charge in [0.15, 0.2) is 0 Å². The summed E-state index contributed by atoms with van der Waals surface area (Å²) in [6, 6.07) is 11.1. The summed E-state index contributed by atoms with van der Waals surface area (Å²) in [6.45, 7) is 5.67. The van der Waals surface area contributed by atoms with Crippen LogP contribution in [-0.4, -0.2) is 47.4 Å². The Kier molecular flexibility index (Phi) is 5.34. The highest BCUT2D eigenvalue weighted by Gasteiger charge is 2.32. The van der Waals surface area contributed by atoms with Crippen molar-refractivity contribution in [3.63, 3.8) is 0 Å². The first-order valence-electron chi connectivity index (χ1n) is 8.96. The van der Waals surface area contributed by atoms with Crippen LogP contribution >= 0.6 is 0 Å². The Morgan fingerprint density at radius 3 is 2.70 bits per heavy atom. The molecule has 1 heterocycles. The van der Waals surface area contributed by atoms with Crippen LogP contribution in [0.1, 0.15) is 38.2 Å². The summed E-state index contributed by atoms with van der Waals surface area (Å²) in [5.74, 6) is 0.687. The third kappa shape index (κ3) is 4.55. The van der Waals surface area contributed by atoms with E-state index in [9.17, 15) is 4.79 Å². The van der Waals surface area contributed by atoms with Gasteiger partial charge in [0.25, 0.3) is 0 Å². The fourth-order valence-electron chi connectivity index (χ4n) is 3.63. The Bertz CT molecular complexity index is 513. The molecule has 1 amide bonds. The molecule has 3 rings (SSSR count). The van der Waals surface area contributed by atoms with Crippen LogP contribution in [0.4, 0.5) is 0 Å². The molecule has 4 heteroatoms. The van der Waals surface area contributed by atoms with Gasteiger partial charge >= 0.3 is 0 Å². The third-order valence-electron chi connectivity index (χ3n) is 5.00. The van der Waals surface area contributed by atoms with Crippen LogP contribution in [-0.2, 0) is 11.3 Å². The number of benzene rings is 1. The molecule has 0 radical (unpaired) electrons. The molecule has 0 aromatic heterocycles. The largest absolute Gasteiger partial charge is 0.341 e. The SMILES string of the molecule is CC(N)C(=O)N1CCCC(CN(Cc2ccccc2)C2CC2)C1. The van der Waals surface area contributed by atoms with Gasteiger partial charge in [0.2, 0.25) is 5.91 Å². The second-order valence-electron chi connectivity index (χ2n) is 7.23. The van der Waals surface area contributed by atoms with Crippen LogP contribution in [0.2, 0.25) is 0 Å². The molecule has 2 unspecified atom stereocenters. The maximum absolute atomic E-state index is 12.2. The van der Waals surface area contributed by atoms with Crippen molar-refractivity contribution in [3.8, 4) is 0 Å². The zero-order valence-electron chi connectivity index (χ0n) is 14.2. The van der Waals surface area contributed by atoms with E-state index in [4.69, 9.17) is 5.73 Å². The van der Waals surface area contributed by atoms with E-state index >= 15 is 0 Å². The van der Waals surface area contributed by atoms with Crippen LogP contribution in [0, 0.1) is 5.92 Å². The minimum Gasteiger partial charge on any atom is -0.341 e. The molecule has 0 bridgehead atoms. The summed E-state index contributed by atoms with van der Waals surface area (Å²) < 4.78 is 0. The fraction of sp³-hybridized carbons (Fsp3) is 0.632. The van der Waals surface area contributed by atoms with E-state index in [0.717, 1.165) is 38.6 Å². The van der Waals surface area contributed by atoms with Crippen molar-refractivity contribution in [2.75, 3.05) is 19.6 Å². The van der Waals surface area contributed by atoms with E-state index in [0.29, 0.717) is 5.92 Å².